The SMILES string of the molecule is CN(C(=O)N[C@@H](Cc1ccccc1)C(=O)O)C(C)(C)CO. The predicted octanol–water partition coefficient (Wildman–Crippen LogP) is 1.09. The molecule has 0 aliphatic rings. The second-order valence-electron chi connectivity index (χ2n) is 5.56. The van der Waals surface area contributed by atoms with Gasteiger partial charge >= 0.3 is 12.0 Å². The van der Waals surface area contributed by atoms with Crippen molar-refractivity contribution in [2.24, 2.45) is 0 Å². The Bertz CT molecular complexity index is 488. The molecule has 0 spiro atoms. The number of carbonyl (C=O) groups is 2. The number of carbonyl (C=O) groups excluding carboxylic acids is 1. The molecule has 2 amide bonds. The van der Waals surface area contributed by atoms with Crippen molar-refractivity contribution in [3.8, 4) is 0 Å². The van der Waals surface area contributed by atoms with E-state index in [1.165, 1.54) is 11.9 Å². The number of nitrogens with one attached hydrogen (secondary N) is 1. The van der Waals surface area contributed by atoms with E-state index in [-0.39, 0.29) is 13.0 Å². The highest BCUT2D eigenvalue weighted by Gasteiger charge is 2.29. The predicted molar refractivity (Wildman–Crippen MR) is 79.0 cm³/mol. The topological polar surface area (TPSA) is 89.9 Å². The van der Waals surface area contributed by atoms with Crippen LogP contribution >= 0.6 is 0 Å². The largest absolute Gasteiger partial charge is 0.480 e. The summed E-state index contributed by atoms with van der Waals surface area (Å²) < 4.78 is 0. The molecule has 0 saturated heterocycles. The number of nitrogens with zero attached hydrogens (tertiary/aromatic N) is 1. The van der Waals surface area contributed by atoms with E-state index >= 15 is 0 Å². The van der Waals surface area contributed by atoms with Crippen LogP contribution in [0.2, 0.25) is 0 Å². The molecule has 0 aliphatic carbocycles. The number of amides is 2. The fourth-order valence-corrected chi connectivity index (χ4v) is 1.68. The lowest BCUT2D eigenvalue weighted by molar-refractivity contribution is -0.139. The Morgan fingerprint density at radius 2 is 1.86 bits per heavy atom. The molecule has 0 aromatic heterocycles. The van der Waals surface area contributed by atoms with Crippen molar-refractivity contribution in [2.45, 2.75) is 31.8 Å². The van der Waals surface area contributed by atoms with E-state index in [0.717, 1.165) is 5.56 Å². The maximum Gasteiger partial charge on any atom is 0.326 e. The van der Waals surface area contributed by atoms with Gasteiger partial charge in [-0.05, 0) is 19.4 Å². The molecule has 0 radical (unpaired) electrons. The quantitative estimate of drug-likeness (QED) is 0.732. The standard InChI is InChI=1S/C15H22N2O4/c1-15(2,10-18)17(3)14(21)16-12(13(19)20)9-11-7-5-4-6-8-11/h4-8,12,18H,9-10H2,1-3H3,(H,16,21)(H,19,20)/t12-/m0/s1. The molecule has 0 fully saturated rings. The first-order valence-corrected chi connectivity index (χ1v) is 6.70. The van der Waals surface area contributed by atoms with Crippen LogP contribution in [0, 0.1) is 0 Å². The number of benzene rings is 1. The van der Waals surface area contributed by atoms with Crippen LogP contribution in [0.4, 0.5) is 4.79 Å². The highest BCUT2D eigenvalue weighted by molar-refractivity contribution is 5.83. The number of aliphatic hydroxyl groups is 1. The zero-order valence-electron chi connectivity index (χ0n) is 12.5. The zero-order chi connectivity index (χ0) is 16.0. The summed E-state index contributed by atoms with van der Waals surface area (Å²) in [6.45, 7) is 3.17. The van der Waals surface area contributed by atoms with Gasteiger partial charge in [-0.2, -0.15) is 0 Å². The normalized spacial score (nSPS) is 12.6. The Morgan fingerprint density at radius 1 is 1.29 bits per heavy atom. The van der Waals surface area contributed by atoms with E-state index in [4.69, 9.17) is 0 Å². The highest BCUT2D eigenvalue weighted by Crippen LogP contribution is 2.12. The van der Waals surface area contributed by atoms with Crippen LogP contribution in [-0.4, -0.2) is 52.3 Å². The molecule has 3 N–H and O–H groups in total. The number of aliphatic hydroxyl groups excluding tert-OH is 1. The minimum atomic E-state index is -1.09. The minimum absolute atomic E-state index is 0.204. The third-order valence-electron chi connectivity index (χ3n) is 3.48. The summed E-state index contributed by atoms with van der Waals surface area (Å²) >= 11 is 0. The van der Waals surface area contributed by atoms with Gasteiger partial charge in [0.25, 0.3) is 0 Å². The first kappa shape index (κ1) is 17.0. The first-order valence-electron chi connectivity index (χ1n) is 6.70. The maximum atomic E-state index is 12.1. The Kier molecular flexibility index (Phi) is 5.72. The van der Waals surface area contributed by atoms with Crippen molar-refractivity contribution >= 4 is 12.0 Å². The molecule has 0 heterocycles. The third-order valence-corrected chi connectivity index (χ3v) is 3.48. The Morgan fingerprint density at radius 3 is 2.33 bits per heavy atom. The van der Waals surface area contributed by atoms with E-state index in [1.54, 1.807) is 13.8 Å². The molecular formula is C15H22N2O4. The number of hydrogen-bond donors (Lipinski definition) is 3. The lowest BCUT2D eigenvalue weighted by Gasteiger charge is -2.34. The third kappa shape index (κ3) is 4.75. The van der Waals surface area contributed by atoms with Gasteiger partial charge in [-0.15, -0.1) is 0 Å². The summed E-state index contributed by atoms with van der Waals surface area (Å²) in [5.41, 5.74) is 0.0640. The summed E-state index contributed by atoms with van der Waals surface area (Å²) in [5.74, 6) is -1.09. The molecule has 0 bridgehead atoms. The van der Waals surface area contributed by atoms with E-state index in [1.807, 2.05) is 30.3 Å². The fourth-order valence-electron chi connectivity index (χ4n) is 1.68. The molecule has 0 aliphatic heterocycles. The number of carboxylic acids is 1. The van der Waals surface area contributed by atoms with Crippen molar-refractivity contribution in [1.82, 2.24) is 10.2 Å². The lowest BCUT2D eigenvalue weighted by atomic mass is 10.0. The van der Waals surface area contributed by atoms with Crippen LogP contribution in [0.25, 0.3) is 0 Å². The molecule has 6 heteroatoms. The summed E-state index contributed by atoms with van der Waals surface area (Å²) in [6.07, 6.45) is 0.204. The summed E-state index contributed by atoms with van der Waals surface area (Å²) in [4.78, 5) is 24.7. The number of urea groups is 1. The number of aliphatic carboxylic acids is 1. The zero-order valence-corrected chi connectivity index (χ0v) is 12.5. The van der Waals surface area contributed by atoms with Crippen molar-refractivity contribution in [2.75, 3.05) is 13.7 Å². The van der Waals surface area contributed by atoms with Crippen LogP contribution in [-0.2, 0) is 11.2 Å². The molecule has 21 heavy (non-hydrogen) atoms. The minimum Gasteiger partial charge on any atom is -0.480 e. The number of rotatable bonds is 6. The number of hydrogen-bond acceptors (Lipinski definition) is 3. The summed E-state index contributed by atoms with van der Waals surface area (Å²) in [6, 6.07) is 7.55. The van der Waals surface area contributed by atoms with Crippen LogP contribution in [0.5, 0.6) is 0 Å². The van der Waals surface area contributed by atoms with Gasteiger partial charge < -0.3 is 20.4 Å². The second-order valence-corrected chi connectivity index (χ2v) is 5.56. The smallest absolute Gasteiger partial charge is 0.326 e. The van der Waals surface area contributed by atoms with Crippen molar-refractivity contribution < 1.29 is 19.8 Å². The number of likely N-dealkylation sites (N-methyl/N-ethyl adjacent to an activating group) is 1. The van der Waals surface area contributed by atoms with E-state index in [9.17, 15) is 19.8 Å². The van der Waals surface area contributed by atoms with Crippen molar-refractivity contribution in [3.05, 3.63) is 35.9 Å². The van der Waals surface area contributed by atoms with Crippen LogP contribution < -0.4 is 5.32 Å². The van der Waals surface area contributed by atoms with Gasteiger partial charge in [0.15, 0.2) is 0 Å². The van der Waals surface area contributed by atoms with Gasteiger partial charge in [0.05, 0.1) is 12.1 Å². The van der Waals surface area contributed by atoms with E-state index in [0.29, 0.717) is 0 Å². The van der Waals surface area contributed by atoms with Crippen LogP contribution in [0.1, 0.15) is 19.4 Å². The molecular weight excluding hydrogens is 272 g/mol. The molecule has 1 aromatic rings. The first-order chi connectivity index (χ1) is 9.77. The Hall–Kier alpha value is -2.08. The van der Waals surface area contributed by atoms with Crippen molar-refractivity contribution in [3.63, 3.8) is 0 Å². The molecule has 1 rings (SSSR count). The Labute approximate surface area is 124 Å². The van der Waals surface area contributed by atoms with Crippen LogP contribution in [0.15, 0.2) is 30.3 Å². The maximum absolute atomic E-state index is 12.1. The molecule has 1 atom stereocenters. The average molecular weight is 294 g/mol. The van der Waals surface area contributed by atoms with Gasteiger partial charge in [0.1, 0.15) is 6.04 Å². The summed E-state index contributed by atoms with van der Waals surface area (Å²) in [5, 5.41) is 21.0. The molecule has 116 valence electrons. The molecule has 0 saturated carbocycles. The van der Waals surface area contributed by atoms with Gasteiger partial charge in [-0.1, -0.05) is 30.3 Å². The average Bonchev–Trinajstić information content (AvgIpc) is 2.46. The van der Waals surface area contributed by atoms with Crippen LogP contribution in [0.3, 0.4) is 0 Å². The van der Waals surface area contributed by atoms with Crippen molar-refractivity contribution in [1.29, 1.82) is 0 Å². The van der Waals surface area contributed by atoms with Gasteiger partial charge in [0.2, 0.25) is 0 Å². The van der Waals surface area contributed by atoms with E-state index < -0.39 is 23.6 Å². The number of carboxylic acid groups (broad SMARTS) is 1. The van der Waals surface area contributed by atoms with Gasteiger partial charge in [0, 0.05) is 13.5 Å². The molecule has 0 unspecified atom stereocenters. The fraction of sp³-hybridized carbons (Fsp3) is 0.467. The molecule has 1 aromatic carbocycles. The van der Waals surface area contributed by atoms with E-state index in [2.05, 4.69) is 5.32 Å². The van der Waals surface area contributed by atoms with Gasteiger partial charge in [-0.25, -0.2) is 9.59 Å². The second kappa shape index (κ2) is 7.08. The lowest BCUT2D eigenvalue weighted by Crippen LogP contribution is -2.55. The van der Waals surface area contributed by atoms with Gasteiger partial charge in [-0.3, -0.25) is 0 Å². The monoisotopic (exact) mass is 294 g/mol. The summed E-state index contributed by atoms with van der Waals surface area (Å²) in [7, 11) is 1.52. The highest BCUT2D eigenvalue weighted by atomic mass is 16.4. The molecule has 6 nitrogen and oxygen atoms in total. The Balaban J connectivity index is 2.75.